The van der Waals surface area contributed by atoms with Crippen molar-refractivity contribution in [2.24, 2.45) is 5.73 Å². The molecule has 0 aliphatic carbocycles. The van der Waals surface area contributed by atoms with Gasteiger partial charge in [0.25, 0.3) is 0 Å². The first kappa shape index (κ1) is 10.8. The highest BCUT2D eigenvalue weighted by Gasteiger charge is 2.04. The van der Waals surface area contributed by atoms with Gasteiger partial charge in [0.15, 0.2) is 5.65 Å². The minimum absolute atomic E-state index is 0.433. The minimum Gasteiger partial charge on any atom is -0.373 e. The van der Waals surface area contributed by atoms with Crippen molar-refractivity contribution < 1.29 is 4.74 Å². The van der Waals surface area contributed by atoms with Crippen molar-refractivity contribution in [2.45, 2.75) is 6.61 Å². The molecule has 0 aliphatic heterocycles. The maximum Gasteiger partial charge on any atom is 0.179 e. The standard InChI is InChI=1S/C10H15N5O/c1-12-8-3-2-7-10(14-8)15-9(13-7)6-16-5-4-11/h2-3H,4-6,11H2,1H3,(H2,12,13,14,15). The highest BCUT2D eigenvalue weighted by atomic mass is 16.5. The Labute approximate surface area is 93.2 Å². The number of fused-ring (bicyclic) bond motifs is 1. The molecule has 2 aromatic heterocycles. The number of nitrogens with one attached hydrogen (secondary N) is 2. The number of nitrogens with zero attached hydrogens (tertiary/aromatic N) is 2. The number of rotatable bonds is 5. The molecule has 0 radical (unpaired) electrons. The summed E-state index contributed by atoms with van der Waals surface area (Å²) in [5.74, 6) is 1.57. The summed E-state index contributed by atoms with van der Waals surface area (Å²) in [5.41, 5.74) is 6.93. The summed E-state index contributed by atoms with van der Waals surface area (Å²) in [5, 5.41) is 2.97. The van der Waals surface area contributed by atoms with Gasteiger partial charge in [-0.15, -0.1) is 0 Å². The van der Waals surface area contributed by atoms with Gasteiger partial charge in [-0.25, -0.2) is 9.97 Å². The first-order chi connectivity index (χ1) is 7.83. The molecule has 16 heavy (non-hydrogen) atoms. The van der Waals surface area contributed by atoms with Gasteiger partial charge in [-0.2, -0.15) is 0 Å². The number of pyridine rings is 1. The van der Waals surface area contributed by atoms with E-state index in [0.717, 1.165) is 17.2 Å². The van der Waals surface area contributed by atoms with Crippen molar-refractivity contribution in [1.82, 2.24) is 15.0 Å². The van der Waals surface area contributed by atoms with E-state index in [0.29, 0.717) is 25.4 Å². The molecule has 0 aromatic carbocycles. The van der Waals surface area contributed by atoms with E-state index in [1.54, 1.807) is 0 Å². The number of ether oxygens (including phenoxy) is 1. The van der Waals surface area contributed by atoms with Crippen LogP contribution in [0.25, 0.3) is 11.2 Å². The maximum absolute atomic E-state index is 5.33. The van der Waals surface area contributed by atoms with Crippen LogP contribution in [-0.4, -0.2) is 35.2 Å². The van der Waals surface area contributed by atoms with Crippen molar-refractivity contribution in [3.05, 3.63) is 18.0 Å². The normalized spacial score (nSPS) is 10.9. The van der Waals surface area contributed by atoms with E-state index in [1.165, 1.54) is 0 Å². The number of nitrogens with two attached hydrogens (primary N) is 1. The monoisotopic (exact) mass is 221 g/mol. The fourth-order valence-electron chi connectivity index (χ4n) is 1.40. The fourth-order valence-corrected chi connectivity index (χ4v) is 1.40. The van der Waals surface area contributed by atoms with Gasteiger partial charge in [-0.05, 0) is 12.1 Å². The van der Waals surface area contributed by atoms with Gasteiger partial charge in [0.05, 0.1) is 12.1 Å². The summed E-state index contributed by atoms with van der Waals surface area (Å²) in [4.78, 5) is 11.8. The molecule has 0 fully saturated rings. The number of aromatic amines is 1. The predicted octanol–water partition coefficient (Wildman–Crippen LogP) is 0.475. The molecule has 0 spiro atoms. The molecule has 0 aliphatic rings. The van der Waals surface area contributed by atoms with E-state index >= 15 is 0 Å². The molecule has 0 amide bonds. The van der Waals surface area contributed by atoms with E-state index in [4.69, 9.17) is 10.5 Å². The molecule has 0 atom stereocenters. The van der Waals surface area contributed by atoms with Crippen LogP contribution in [0.2, 0.25) is 0 Å². The second-order valence-corrected chi connectivity index (χ2v) is 3.34. The van der Waals surface area contributed by atoms with Crippen molar-refractivity contribution in [2.75, 3.05) is 25.5 Å². The van der Waals surface area contributed by atoms with Crippen LogP contribution in [0.4, 0.5) is 5.82 Å². The summed E-state index contributed by atoms with van der Waals surface area (Å²) in [6.07, 6.45) is 0. The van der Waals surface area contributed by atoms with Crippen LogP contribution in [0.15, 0.2) is 12.1 Å². The van der Waals surface area contributed by atoms with Crippen molar-refractivity contribution >= 4 is 17.0 Å². The van der Waals surface area contributed by atoms with Crippen LogP contribution in [0.1, 0.15) is 5.82 Å². The largest absolute Gasteiger partial charge is 0.373 e. The molecule has 0 saturated heterocycles. The summed E-state index contributed by atoms with van der Waals surface area (Å²) >= 11 is 0. The van der Waals surface area contributed by atoms with Crippen molar-refractivity contribution in [3.8, 4) is 0 Å². The van der Waals surface area contributed by atoms with Gasteiger partial charge in [0.2, 0.25) is 0 Å². The Morgan fingerprint density at radius 1 is 1.44 bits per heavy atom. The van der Waals surface area contributed by atoms with Crippen LogP contribution in [-0.2, 0) is 11.3 Å². The fraction of sp³-hybridized carbons (Fsp3) is 0.400. The molecule has 2 heterocycles. The van der Waals surface area contributed by atoms with Gasteiger partial charge >= 0.3 is 0 Å². The lowest BCUT2D eigenvalue weighted by molar-refractivity contribution is 0.123. The van der Waals surface area contributed by atoms with E-state index < -0.39 is 0 Å². The second-order valence-electron chi connectivity index (χ2n) is 3.34. The Balaban J connectivity index is 2.16. The van der Waals surface area contributed by atoms with Crippen molar-refractivity contribution in [3.63, 3.8) is 0 Å². The van der Waals surface area contributed by atoms with Crippen LogP contribution in [0, 0.1) is 0 Å². The SMILES string of the molecule is CNc1ccc2[nH]c(COCCN)nc2n1. The zero-order valence-corrected chi connectivity index (χ0v) is 9.16. The summed E-state index contributed by atoms with van der Waals surface area (Å²) < 4.78 is 5.29. The Morgan fingerprint density at radius 2 is 2.31 bits per heavy atom. The molecule has 0 unspecified atom stereocenters. The number of imidazole rings is 1. The first-order valence-electron chi connectivity index (χ1n) is 5.14. The Hall–Kier alpha value is -1.66. The molecule has 0 bridgehead atoms. The predicted molar refractivity (Wildman–Crippen MR) is 62.1 cm³/mol. The second kappa shape index (κ2) is 4.91. The van der Waals surface area contributed by atoms with Gasteiger partial charge in [0, 0.05) is 13.6 Å². The Kier molecular flexibility index (Phi) is 3.33. The number of hydrogen-bond acceptors (Lipinski definition) is 5. The summed E-state index contributed by atoms with van der Waals surface area (Å²) in [7, 11) is 1.83. The third-order valence-electron chi connectivity index (χ3n) is 2.15. The first-order valence-corrected chi connectivity index (χ1v) is 5.14. The molecule has 2 aromatic rings. The summed E-state index contributed by atoms with van der Waals surface area (Å²) in [6, 6.07) is 3.83. The van der Waals surface area contributed by atoms with E-state index in [1.807, 2.05) is 19.2 Å². The summed E-state index contributed by atoms with van der Waals surface area (Å²) in [6.45, 7) is 1.48. The lowest BCUT2D eigenvalue weighted by Gasteiger charge is -1.97. The van der Waals surface area contributed by atoms with E-state index in [-0.39, 0.29) is 0 Å². The van der Waals surface area contributed by atoms with Gasteiger partial charge in [-0.1, -0.05) is 0 Å². The average molecular weight is 221 g/mol. The lowest BCUT2D eigenvalue weighted by Crippen LogP contribution is -2.08. The molecule has 4 N–H and O–H groups in total. The smallest absolute Gasteiger partial charge is 0.179 e. The van der Waals surface area contributed by atoms with E-state index in [2.05, 4.69) is 20.3 Å². The third kappa shape index (κ3) is 2.29. The molecule has 86 valence electrons. The zero-order chi connectivity index (χ0) is 11.4. The quantitative estimate of drug-likeness (QED) is 0.639. The zero-order valence-electron chi connectivity index (χ0n) is 9.16. The van der Waals surface area contributed by atoms with Gasteiger partial charge in [-0.3, -0.25) is 0 Å². The Morgan fingerprint density at radius 3 is 3.06 bits per heavy atom. The van der Waals surface area contributed by atoms with Gasteiger partial charge in [0.1, 0.15) is 18.2 Å². The Bertz CT molecular complexity index is 467. The number of H-pyrrole nitrogens is 1. The molecule has 2 rings (SSSR count). The van der Waals surface area contributed by atoms with Gasteiger partial charge < -0.3 is 20.8 Å². The number of aromatic nitrogens is 3. The average Bonchev–Trinajstić information content (AvgIpc) is 2.70. The minimum atomic E-state index is 0.433. The molecule has 6 heteroatoms. The molecular weight excluding hydrogens is 206 g/mol. The lowest BCUT2D eigenvalue weighted by atomic mass is 10.4. The molecule has 0 saturated carbocycles. The van der Waals surface area contributed by atoms with Crippen molar-refractivity contribution in [1.29, 1.82) is 0 Å². The van der Waals surface area contributed by atoms with Crippen LogP contribution >= 0.6 is 0 Å². The molecule has 6 nitrogen and oxygen atoms in total. The highest BCUT2D eigenvalue weighted by Crippen LogP contribution is 2.12. The maximum atomic E-state index is 5.33. The van der Waals surface area contributed by atoms with Crippen LogP contribution in [0.3, 0.4) is 0 Å². The number of hydrogen-bond donors (Lipinski definition) is 3. The third-order valence-corrected chi connectivity index (χ3v) is 2.15. The molecular formula is C10H15N5O. The highest BCUT2D eigenvalue weighted by molar-refractivity contribution is 5.72. The number of anilines is 1. The van der Waals surface area contributed by atoms with E-state index in [9.17, 15) is 0 Å². The van der Waals surface area contributed by atoms with Crippen LogP contribution < -0.4 is 11.1 Å². The van der Waals surface area contributed by atoms with Crippen LogP contribution in [0.5, 0.6) is 0 Å². The topological polar surface area (TPSA) is 88.8 Å².